The average Bonchev–Trinajstić information content (AvgIpc) is 2.25. The standard InChI is InChI=1S/C13H17FO2/c1-3-9(2)7-12(13(15)16)10-5-4-6-11(14)8-10/h4-6,8-9,12H,3,7H2,1-2H3,(H,15,16). The number of hydrogen-bond donors (Lipinski definition) is 1. The van der Waals surface area contributed by atoms with Crippen molar-refractivity contribution >= 4 is 5.97 Å². The Balaban J connectivity index is 2.89. The summed E-state index contributed by atoms with van der Waals surface area (Å²) in [6.07, 6.45) is 1.48. The minimum absolute atomic E-state index is 0.323. The van der Waals surface area contributed by atoms with Crippen LogP contribution >= 0.6 is 0 Å². The molecule has 0 aromatic heterocycles. The molecule has 0 saturated heterocycles. The van der Waals surface area contributed by atoms with Crippen molar-refractivity contribution in [3.8, 4) is 0 Å². The molecule has 88 valence electrons. The third-order valence-corrected chi connectivity index (χ3v) is 2.88. The van der Waals surface area contributed by atoms with Crippen LogP contribution in [-0.2, 0) is 4.79 Å². The maximum atomic E-state index is 13.0. The van der Waals surface area contributed by atoms with Crippen molar-refractivity contribution in [2.24, 2.45) is 5.92 Å². The molecule has 2 unspecified atom stereocenters. The summed E-state index contributed by atoms with van der Waals surface area (Å²) < 4.78 is 13.0. The first kappa shape index (κ1) is 12.7. The minimum atomic E-state index is -0.883. The number of benzene rings is 1. The van der Waals surface area contributed by atoms with E-state index in [1.807, 2.05) is 13.8 Å². The zero-order valence-corrected chi connectivity index (χ0v) is 9.61. The highest BCUT2D eigenvalue weighted by Gasteiger charge is 2.22. The van der Waals surface area contributed by atoms with Gasteiger partial charge in [-0.1, -0.05) is 32.4 Å². The molecule has 1 aromatic rings. The lowest BCUT2D eigenvalue weighted by Gasteiger charge is -2.16. The van der Waals surface area contributed by atoms with Crippen LogP contribution in [0.2, 0.25) is 0 Å². The molecule has 2 atom stereocenters. The zero-order valence-electron chi connectivity index (χ0n) is 9.61. The third kappa shape index (κ3) is 3.33. The molecule has 0 amide bonds. The molecule has 0 heterocycles. The molecule has 0 aliphatic rings. The fourth-order valence-corrected chi connectivity index (χ4v) is 1.67. The SMILES string of the molecule is CCC(C)CC(C(=O)O)c1cccc(F)c1. The van der Waals surface area contributed by atoms with Crippen molar-refractivity contribution in [3.63, 3.8) is 0 Å². The molecule has 1 N–H and O–H groups in total. The Kier molecular flexibility index (Phi) is 4.47. The summed E-state index contributed by atoms with van der Waals surface area (Å²) in [5, 5.41) is 9.14. The molecule has 1 aromatic carbocycles. The van der Waals surface area contributed by atoms with Crippen LogP contribution < -0.4 is 0 Å². The molecule has 0 spiro atoms. The van der Waals surface area contributed by atoms with E-state index < -0.39 is 11.9 Å². The van der Waals surface area contributed by atoms with Crippen LogP contribution in [0.4, 0.5) is 4.39 Å². The van der Waals surface area contributed by atoms with Crippen LogP contribution in [0, 0.1) is 11.7 Å². The molecule has 2 nitrogen and oxygen atoms in total. The van der Waals surface area contributed by atoms with Crippen LogP contribution in [0.25, 0.3) is 0 Å². The summed E-state index contributed by atoms with van der Waals surface area (Å²) >= 11 is 0. The quantitative estimate of drug-likeness (QED) is 0.832. The number of aliphatic carboxylic acids is 1. The van der Waals surface area contributed by atoms with Crippen LogP contribution in [0.1, 0.15) is 38.2 Å². The molecule has 0 saturated carbocycles. The lowest BCUT2D eigenvalue weighted by Crippen LogP contribution is -2.15. The Morgan fingerprint density at radius 3 is 2.69 bits per heavy atom. The molecule has 1 rings (SSSR count). The summed E-state index contributed by atoms with van der Waals surface area (Å²) in [5.74, 6) is -1.55. The van der Waals surface area contributed by atoms with Crippen LogP contribution in [-0.4, -0.2) is 11.1 Å². The van der Waals surface area contributed by atoms with E-state index in [2.05, 4.69) is 0 Å². The lowest BCUT2D eigenvalue weighted by molar-refractivity contribution is -0.139. The van der Waals surface area contributed by atoms with E-state index in [4.69, 9.17) is 5.11 Å². The maximum absolute atomic E-state index is 13.0. The van der Waals surface area contributed by atoms with Gasteiger partial charge in [-0.05, 0) is 30.0 Å². The second-order valence-corrected chi connectivity index (χ2v) is 4.19. The van der Waals surface area contributed by atoms with Gasteiger partial charge >= 0.3 is 5.97 Å². The highest BCUT2D eigenvalue weighted by atomic mass is 19.1. The van der Waals surface area contributed by atoms with Gasteiger partial charge in [0.05, 0.1) is 5.92 Å². The molecular weight excluding hydrogens is 207 g/mol. The largest absolute Gasteiger partial charge is 0.481 e. The number of halogens is 1. The van der Waals surface area contributed by atoms with Crippen molar-refractivity contribution < 1.29 is 14.3 Å². The zero-order chi connectivity index (χ0) is 12.1. The molecule has 0 aliphatic carbocycles. The van der Waals surface area contributed by atoms with Gasteiger partial charge in [0, 0.05) is 0 Å². The second-order valence-electron chi connectivity index (χ2n) is 4.19. The van der Waals surface area contributed by atoms with Gasteiger partial charge in [0.2, 0.25) is 0 Å². The number of hydrogen-bond acceptors (Lipinski definition) is 1. The summed E-state index contributed by atoms with van der Waals surface area (Å²) in [5.41, 5.74) is 0.549. The molecule has 0 fully saturated rings. The summed E-state index contributed by atoms with van der Waals surface area (Å²) in [4.78, 5) is 11.1. The summed E-state index contributed by atoms with van der Waals surface area (Å²) in [6, 6.07) is 5.86. The molecule has 16 heavy (non-hydrogen) atoms. The summed E-state index contributed by atoms with van der Waals surface area (Å²) in [6.45, 7) is 4.03. The first-order chi connectivity index (χ1) is 7.54. The van der Waals surface area contributed by atoms with Crippen molar-refractivity contribution in [1.82, 2.24) is 0 Å². The highest BCUT2D eigenvalue weighted by molar-refractivity contribution is 5.76. The number of carbonyl (C=O) groups is 1. The van der Waals surface area contributed by atoms with E-state index in [0.717, 1.165) is 6.42 Å². The minimum Gasteiger partial charge on any atom is -0.481 e. The molecular formula is C13H17FO2. The van der Waals surface area contributed by atoms with Crippen LogP contribution in [0.15, 0.2) is 24.3 Å². The van der Waals surface area contributed by atoms with E-state index in [1.165, 1.54) is 12.1 Å². The predicted octanol–water partition coefficient (Wildman–Crippen LogP) is 3.43. The second kappa shape index (κ2) is 5.64. The van der Waals surface area contributed by atoms with Gasteiger partial charge in [-0.3, -0.25) is 4.79 Å². The number of carboxylic acid groups (broad SMARTS) is 1. The van der Waals surface area contributed by atoms with E-state index in [0.29, 0.717) is 17.9 Å². The molecule has 0 radical (unpaired) electrons. The van der Waals surface area contributed by atoms with Crippen molar-refractivity contribution in [3.05, 3.63) is 35.6 Å². The highest BCUT2D eigenvalue weighted by Crippen LogP contribution is 2.26. The molecule has 3 heteroatoms. The number of carboxylic acids is 1. The average molecular weight is 224 g/mol. The molecule has 0 aliphatic heterocycles. The molecule has 0 bridgehead atoms. The van der Waals surface area contributed by atoms with Gasteiger partial charge in [-0.2, -0.15) is 0 Å². The third-order valence-electron chi connectivity index (χ3n) is 2.88. The van der Waals surface area contributed by atoms with Gasteiger partial charge in [0.1, 0.15) is 5.82 Å². The Morgan fingerprint density at radius 2 is 2.19 bits per heavy atom. The normalized spacial score (nSPS) is 14.4. The summed E-state index contributed by atoms with van der Waals surface area (Å²) in [7, 11) is 0. The topological polar surface area (TPSA) is 37.3 Å². The Hall–Kier alpha value is -1.38. The van der Waals surface area contributed by atoms with E-state index in [1.54, 1.807) is 12.1 Å². The maximum Gasteiger partial charge on any atom is 0.310 e. The van der Waals surface area contributed by atoms with Crippen molar-refractivity contribution in [1.29, 1.82) is 0 Å². The van der Waals surface area contributed by atoms with E-state index >= 15 is 0 Å². The smallest absolute Gasteiger partial charge is 0.310 e. The monoisotopic (exact) mass is 224 g/mol. The van der Waals surface area contributed by atoms with Crippen molar-refractivity contribution in [2.45, 2.75) is 32.6 Å². The van der Waals surface area contributed by atoms with Gasteiger partial charge in [-0.15, -0.1) is 0 Å². The fourth-order valence-electron chi connectivity index (χ4n) is 1.67. The Labute approximate surface area is 95.1 Å². The van der Waals surface area contributed by atoms with E-state index in [9.17, 15) is 9.18 Å². The Bertz CT molecular complexity index is 363. The van der Waals surface area contributed by atoms with Crippen molar-refractivity contribution in [2.75, 3.05) is 0 Å². The first-order valence-corrected chi connectivity index (χ1v) is 5.52. The van der Waals surface area contributed by atoms with Gasteiger partial charge in [0.25, 0.3) is 0 Å². The predicted molar refractivity (Wildman–Crippen MR) is 60.8 cm³/mol. The van der Waals surface area contributed by atoms with Gasteiger partial charge in [-0.25, -0.2) is 4.39 Å². The van der Waals surface area contributed by atoms with Crippen LogP contribution in [0.3, 0.4) is 0 Å². The van der Waals surface area contributed by atoms with Crippen LogP contribution in [0.5, 0.6) is 0 Å². The lowest BCUT2D eigenvalue weighted by atomic mass is 9.88. The first-order valence-electron chi connectivity index (χ1n) is 5.52. The van der Waals surface area contributed by atoms with Gasteiger partial charge < -0.3 is 5.11 Å². The number of rotatable bonds is 5. The van der Waals surface area contributed by atoms with Gasteiger partial charge in [0.15, 0.2) is 0 Å². The fraction of sp³-hybridized carbons (Fsp3) is 0.462. The van der Waals surface area contributed by atoms with E-state index in [-0.39, 0.29) is 5.82 Å². The Morgan fingerprint density at radius 1 is 1.50 bits per heavy atom.